The van der Waals surface area contributed by atoms with E-state index in [1.54, 1.807) is 6.92 Å². The fourth-order valence-electron chi connectivity index (χ4n) is 6.40. The third-order valence-electron chi connectivity index (χ3n) is 8.40. The van der Waals surface area contributed by atoms with Crippen LogP contribution in [0, 0.1) is 5.41 Å². The van der Waals surface area contributed by atoms with Crippen LogP contribution in [0.15, 0.2) is 42.7 Å². The average molecular weight is 464 g/mol. The summed E-state index contributed by atoms with van der Waals surface area (Å²) >= 11 is 0. The molecule has 0 aliphatic carbocycles. The number of nitrogens with zero attached hydrogens (tertiary/aromatic N) is 3. The minimum Gasteiger partial charge on any atom is -0.380 e. The number of pyridine rings is 1. The molecule has 0 spiro atoms. The van der Waals surface area contributed by atoms with Crippen molar-refractivity contribution in [3.8, 4) is 0 Å². The van der Waals surface area contributed by atoms with Gasteiger partial charge in [0.1, 0.15) is 5.60 Å². The van der Waals surface area contributed by atoms with Crippen molar-refractivity contribution in [3.05, 3.63) is 65.0 Å². The molecule has 2 atom stereocenters. The molecule has 2 fully saturated rings. The fourth-order valence-corrected chi connectivity index (χ4v) is 6.40. The van der Waals surface area contributed by atoms with Crippen molar-refractivity contribution in [1.82, 2.24) is 14.8 Å². The Balaban J connectivity index is 1.65. The largest absolute Gasteiger partial charge is 0.380 e. The molecule has 2 aromatic rings. The average Bonchev–Trinajstić information content (AvgIpc) is 3.18. The molecule has 184 valence electrons. The summed E-state index contributed by atoms with van der Waals surface area (Å²) in [5.41, 5.74) is 2.64. The zero-order chi connectivity index (χ0) is 24.7. The molecule has 2 saturated heterocycles. The molecule has 2 aliphatic rings. The Labute approximate surface area is 205 Å². The van der Waals surface area contributed by atoms with Crippen LogP contribution in [0.2, 0.25) is 0 Å². The van der Waals surface area contributed by atoms with Crippen LogP contribution < -0.4 is 0 Å². The highest BCUT2D eigenvalue weighted by Crippen LogP contribution is 2.50. The van der Waals surface area contributed by atoms with E-state index < -0.39 is 5.60 Å². The summed E-state index contributed by atoms with van der Waals surface area (Å²) in [4.78, 5) is 21.0. The second kappa shape index (κ2) is 9.09. The van der Waals surface area contributed by atoms with Crippen LogP contribution in [0.1, 0.15) is 82.1 Å². The molecule has 1 aromatic carbocycles. The molecular weight excluding hydrogens is 422 g/mol. The van der Waals surface area contributed by atoms with Crippen LogP contribution >= 0.6 is 0 Å². The van der Waals surface area contributed by atoms with Crippen molar-refractivity contribution >= 4 is 5.91 Å². The summed E-state index contributed by atoms with van der Waals surface area (Å²) in [7, 11) is 2.10. The predicted octanol–water partition coefficient (Wildman–Crippen LogP) is 4.73. The second-order valence-electron chi connectivity index (χ2n) is 11.6. The molecule has 3 heterocycles. The van der Waals surface area contributed by atoms with Gasteiger partial charge in [-0.15, -0.1) is 0 Å². The van der Waals surface area contributed by atoms with Crippen LogP contribution in [0.5, 0.6) is 0 Å². The third kappa shape index (κ3) is 4.29. The first-order valence-electron chi connectivity index (χ1n) is 12.7. The lowest BCUT2D eigenvalue weighted by atomic mass is 9.62. The minimum absolute atomic E-state index is 0.104. The number of carbonyl (C=O) groups excluding carboxylic acids is 1. The number of hydrogen-bond acceptors (Lipinski definition) is 4. The van der Waals surface area contributed by atoms with E-state index in [4.69, 9.17) is 0 Å². The van der Waals surface area contributed by atoms with Crippen molar-refractivity contribution in [1.29, 1.82) is 0 Å². The Morgan fingerprint density at radius 2 is 1.82 bits per heavy atom. The summed E-state index contributed by atoms with van der Waals surface area (Å²) < 4.78 is 0. The van der Waals surface area contributed by atoms with Crippen molar-refractivity contribution in [2.45, 2.75) is 77.4 Å². The predicted molar refractivity (Wildman–Crippen MR) is 137 cm³/mol. The number of benzene rings is 1. The molecular formula is C29H41N3O2. The van der Waals surface area contributed by atoms with E-state index in [1.807, 2.05) is 17.3 Å². The minimum atomic E-state index is -1.12. The van der Waals surface area contributed by atoms with Gasteiger partial charge in [-0.3, -0.25) is 9.78 Å². The Morgan fingerprint density at radius 3 is 2.41 bits per heavy atom. The molecule has 1 amide bonds. The van der Waals surface area contributed by atoms with Crippen LogP contribution in [-0.4, -0.2) is 58.0 Å². The van der Waals surface area contributed by atoms with Crippen LogP contribution in [0.4, 0.5) is 0 Å². The lowest BCUT2D eigenvalue weighted by molar-refractivity contribution is -0.132. The van der Waals surface area contributed by atoms with E-state index in [0.29, 0.717) is 5.92 Å². The molecule has 34 heavy (non-hydrogen) atoms. The Bertz CT molecular complexity index is 1030. The van der Waals surface area contributed by atoms with Gasteiger partial charge >= 0.3 is 0 Å². The van der Waals surface area contributed by atoms with E-state index in [9.17, 15) is 9.90 Å². The maximum Gasteiger partial charge on any atom is 0.219 e. The summed E-state index contributed by atoms with van der Waals surface area (Å²) in [6.07, 6.45) is 7.59. The van der Waals surface area contributed by atoms with E-state index in [1.165, 1.54) is 5.56 Å². The molecule has 4 rings (SSSR count). The third-order valence-corrected chi connectivity index (χ3v) is 8.40. The maximum atomic E-state index is 12.4. The molecule has 2 aliphatic heterocycles. The number of aliphatic hydroxyl groups is 1. The van der Waals surface area contributed by atoms with Crippen molar-refractivity contribution in [2.75, 3.05) is 26.7 Å². The molecule has 1 aromatic heterocycles. The standard InChI is InChI=1S/C29H41N3O2/c1-21(2)24-8-10-25(11-9-24)29(34,27(4)19-31(6)20-27)26-16-23(17-30-18-26)12-14-28(5)13-7-15-32(28)22(3)33/h8-11,16-18,21,34H,7,12-15,19-20H2,1-6H3/t28-,29?/m1/s1. The van der Waals surface area contributed by atoms with Gasteiger partial charge in [0.25, 0.3) is 0 Å². The first-order valence-corrected chi connectivity index (χ1v) is 12.7. The normalized spacial score (nSPS) is 24.2. The topological polar surface area (TPSA) is 56.7 Å². The lowest BCUT2D eigenvalue weighted by Crippen LogP contribution is -2.63. The lowest BCUT2D eigenvalue weighted by Gasteiger charge is -2.56. The zero-order valence-corrected chi connectivity index (χ0v) is 21.8. The number of hydrogen-bond donors (Lipinski definition) is 1. The molecule has 1 N–H and O–H groups in total. The molecule has 0 bridgehead atoms. The van der Waals surface area contributed by atoms with Gasteiger partial charge in [0.05, 0.1) is 0 Å². The van der Waals surface area contributed by atoms with Gasteiger partial charge in [-0.1, -0.05) is 45.0 Å². The number of amides is 1. The molecule has 1 unspecified atom stereocenters. The Hall–Kier alpha value is -2.24. The summed E-state index contributed by atoms with van der Waals surface area (Å²) in [6, 6.07) is 10.6. The fraction of sp³-hybridized carbons (Fsp3) is 0.586. The molecule has 0 saturated carbocycles. The summed E-state index contributed by atoms with van der Waals surface area (Å²) in [5.74, 6) is 0.609. The van der Waals surface area contributed by atoms with Crippen molar-refractivity contribution in [3.63, 3.8) is 0 Å². The van der Waals surface area contributed by atoms with Crippen molar-refractivity contribution in [2.24, 2.45) is 5.41 Å². The number of aromatic nitrogens is 1. The smallest absolute Gasteiger partial charge is 0.219 e. The van der Waals surface area contributed by atoms with Crippen LogP contribution in [0.3, 0.4) is 0 Å². The van der Waals surface area contributed by atoms with Gasteiger partial charge in [0.2, 0.25) is 5.91 Å². The van der Waals surface area contributed by atoms with Gasteiger partial charge in [0.15, 0.2) is 0 Å². The first kappa shape index (κ1) is 24.9. The Kier molecular flexibility index (Phi) is 6.65. The number of aryl methyl sites for hydroxylation is 1. The summed E-state index contributed by atoms with van der Waals surface area (Å²) in [6.45, 7) is 12.9. The van der Waals surface area contributed by atoms with Gasteiger partial charge in [0, 0.05) is 55.5 Å². The van der Waals surface area contributed by atoms with Crippen LogP contribution in [-0.2, 0) is 16.8 Å². The number of likely N-dealkylation sites (tertiary alicyclic amines) is 2. The van der Waals surface area contributed by atoms with Gasteiger partial charge in [-0.05, 0) is 68.3 Å². The number of carbonyl (C=O) groups is 1. The first-order chi connectivity index (χ1) is 16.0. The second-order valence-corrected chi connectivity index (χ2v) is 11.6. The molecule has 5 heteroatoms. The quantitative estimate of drug-likeness (QED) is 0.645. The number of rotatable bonds is 7. The van der Waals surface area contributed by atoms with E-state index >= 15 is 0 Å². The zero-order valence-electron chi connectivity index (χ0n) is 21.8. The van der Waals surface area contributed by atoms with E-state index in [0.717, 1.165) is 62.0 Å². The maximum absolute atomic E-state index is 12.4. The monoisotopic (exact) mass is 463 g/mol. The molecule has 5 nitrogen and oxygen atoms in total. The van der Waals surface area contributed by atoms with Crippen LogP contribution in [0.25, 0.3) is 0 Å². The van der Waals surface area contributed by atoms with Crippen molar-refractivity contribution < 1.29 is 9.90 Å². The van der Waals surface area contributed by atoms with Gasteiger partial charge in [-0.25, -0.2) is 0 Å². The highest BCUT2D eigenvalue weighted by Gasteiger charge is 2.55. The summed E-state index contributed by atoms with van der Waals surface area (Å²) in [5, 5.41) is 12.4. The Morgan fingerprint density at radius 1 is 1.15 bits per heavy atom. The van der Waals surface area contributed by atoms with Gasteiger partial charge < -0.3 is 14.9 Å². The van der Waals surface area contributed by atoms with Gasteiger partial charge in [-0.2, -0.15) is 0 Å². The van der Waals surface area contributed by atoms with E-state index in [2.05, 4.69) is 75.0 Å². The SMILES string of the molecule is CC(=O)N1CCC[C@]1(C)CCc1cncc(C(O)(c2ccc(C(C)C)cc2)C2(C)CN(C)C2)c1. The molecule has 0 radical (unpaired) electrons. The highest BCUT2D eigenvalue weighted by molar-refractivity contribution is 5.74. The van der Waals surface area contributed by atoms with E-state index in [-0.39, 0.29) is 16.9 Å². The highest BCUT2D eigenvalue weighted by atomic mass is 16.3.